The molecule has 1 aliphatic heterocycles. The Morgan fingerprint density at radius 1 is 1.19 bits per heavy atom. The van der Waals surface area contributed by atoms with Crippen LogP contribution in [0.25, 0.3) is 0 Å². The van der Waals surface area contributed by atoms with Crippen molar-refractivity contribution in [2.45, 2.75) is 51.2 Å². The molecule has 2 aliphatic rings. The van der Waals surface area contributed by atoms with Gasteiger partial charge in [-0.15, -0.1) is 0 Å². The van der Waals surface area contributed by atoms with Crippen molar-refractivity contribution >= 4 is 5.91 Å². The molecule has 1 amide bonds. The second kappa shape index (κ2) is 9.00. The van der Waals surface area contributed by atoms with Gasteiger partial charge in [0.25, 0.3) is 5.91 Å². The lowest BCUT2D eigenvalue weighted by Crippen LogP contribution is -2.40. The van der Waals surface area contributed by atoms with Gasteiger partial charge in [0.15, 0.2) is 0 Å². The standard InChI is InChI=1S/C22H26FNO2/c1-16(18-12-14-26-15-13-18)24-22(25)20-10-7-17(8-11-20)6-9-19-4-2-3-5-21(19)23/h4,7-8,10-11,16,18,21H,2-3,5,12-15H2,1H3,(H,24,25). The molecule has 0 aromatic heterocycles. The van der Waals surface area contributed by atoms with E-state index in [-0.39, 0.29) is 11.9 Å². The lowest BCUT2D eigenvalue weighted by Gasteiger charge is -2.28. The van der Waals surface area contributed by atoms with Gasteiger partial charge in [-0.1, -0.05) is 17.9 Å². The van der Waals surface area contributed by atoms with Crippen LogP contribution in [0.5, 0.6) is 0 Å². The summed E-state index contributed by atoms with van der Waals surface area (Å²) in [5.41, 5.74) is 2.00. The first-order valence-corrected chi connectivity index (χ1v) is 9.48. The van der Waals surface area contributed by atoms with Crippen molar-refractivity contribution in [2.24, 2.45) is 5.92 Å². The van der Waals surface area contributed by atoms with Crippen molar-refractivity contribution in [3.05, 3.63) is 47.0 Å². The van der Waals surface area contributed by atoms with Gasteiger partial charge < -0.3 is 10.1 Å². The number of halogens is 1. The summed E-state index contributed by atoms with van der Waals surface area (Å²) in [7, 11) is 0. The number of allylic oxidation sites excluding steroid dienone is 2. The van der Waals surface area contributed by atoms with E-state index in [1.54, 1.807) is 12.1 Å². The molecule has 3 rings (SSSR count). The van der Waals surface area contributed by atoms with E-state index in [1.807, 2.05) is 18.2 Å². The van der Waals surface area contributed by atoms with Crippen LogP contribution in [0.15, 0.2) is 35.9 Å². The first-order chi connectivity index (χ1) is 12.6. The van der Waals surface area contributed by atoms with Crippen LogP contribution in [0.1, 0.15) is 54.9 Å². The van der Waals surface area contributed by atoms with E-state index in [0.717, 1.165) is 44.5 Å². The molecule has 0 saturated carbocycles. The molecule has 1 saturated heterocycles. The summed E-state index contributed by atoms with van der Waals surface area (Å²) in [4.78, 5) is 12.4. The molecule has 1 heterocycles. The second-order valence-corrected chi connectivity index (χ2v) is 7.10. The molecule has 2 atom stereocenters. The quantitative estimate of drug-likeness (QED) is 0.832. The Kier molecular flexibility index (Phi) is 6.46. The summed E-state index contributed by atoms with van der Waals surface area (Å²) >= 11 is 0. The van der Waals surface area contributed by atoms with Gasteiger partial charge in [-0.2, -0.15) is 0 Å². The lowest BCUT2D eigenvalue weighted by atomic mass is 9.93. The maximum Gasteiger partial charge on any atom is 0.251 e. The van der Waals surface area contributed by atoms with Crippen molar-refractivity contribution < 1.29 is 13.9 Å². The van der Waals surface area contributed by atoms with Gasteiger partial charge in [0.1, 0.15) is 6.17 Å². The van der Waals surface area contributed by atoms with Gasteiger partial charge in [0, 0.05) is 36.0 Å². The second-order valence-electron chi connectivity index (χ2n) is 7.10. The van der Waals surface area contributed by atoms with Crippen LogP contribution in [0.4, 0.5) is 4.39 Å². The number of amides is 1. The van der Waals surface area contributed by atoms with E-state index < -0.39 is 6.17 Å². The summed E-state index contributed by atoms with van der Waals surface area (Å²) in [5.74, 6) is 6.34. The molecule has 4 heteroatoms. The van der Waals surface area contributed by atoms with Crippen LogP contribution in [0.3, 0.4) is 0 Å². The van der Waals surface area contributed by atoms with Crippen molar-refractivity contribution in [3.8, 4) is 11.8 Å². The van der Waals surface area contributed by atoms with Crippen LogP contribution >= 0.6 is 0 Å². The van der Waals surface area contributed by atoms with Crippen LogP contribution in [0, 0.1) is 17.8 Å². The zero-order valence-electron chi connectivity index (χ0n) is 15.3. The summed E-state index contributed by atoms with van der Waals surface area (Å²) in [5, 5.41) is 3.09. The lowest BCUT2D eigenvalue weighted by molar-refractivity contribution is 0.0538. The number of rotatable bonds is 3. The molecule has 1 N–H and O–H groups in total. The summed E-state index contributed by atoms with van der Waals surface area (Å²) in [6.45, 7) is 3.60. The number of benzene rings is 1. The third kappa shape index (κ3) is 4.95. The Balaban J connectivity index is 1.58. The monoisotopic (exact) mass is 355 g/mol. The molecular weight excluding hydrogens is 329 g/mol. The number of carbonyl (C=O) groups is 1. The van der Waals surface area contributed by atoms with E-state index in [1.165, 1.54) is 0 Å². The van der Waals surface area contributed by atoms with Gasteiger partial charge in [-0.3, -0.25) is 4.79 Å². The van der Waals surface area contributed by atoms with Crippen LogP contribution in [-0.4, -0.2) is 31.3 Å². The first kappa shape index (κ1) is 18.7. The summed E-state index contributed by atoms with van der Waals surface area (Å²) in [6.07, 6.45) is 5.28. The predicted molar refractivity (Wildman–Crippen MR) is 101 cm³/mol. The van der Waals surface area contributed by atoms with Crippen molar-refractivity contribution in [1.82, 2.24) is 5.32 Å². The fraction of sp³-hybridized carbons (Fsp3) is 0.500. The Morgan fingerprint density at radius 3 is 2.62 bits per heavy atom. The fourth-order valence-corrected chi connectivity index (χ4v) is 3.44. The molecule has 0 spiro atoms. The molecule has 138 valence electrons. The predicted octanol–water partition coefficient (Wildman–Crippen LogP) is 4.03. The molecule has 3 nitrogen and oxygen atoms in total. The summed E-state index contributed by atoms with van der Waals surface area (Å²) < 4.78 is 19.1. The van der Waals surface area contributed by atoms with Gasteiger partial charge in [0.05, 0.1) is 0 Å². The minimum atomic E-state index is -0.937. The highest BCUT2D eigenvalue weighted by atomic mass is 19.1. The molecular formula is C22H26FNO2. The highest BCUT2D eigenvalue weighted by Gasteiger charge is 2.22. The minimum Gasteiger partial charge on any atom is -0.381 e. The maximum atomic E-state index is 13.8. The van der Waals surface area contributed by atoms with Gasteiger partial charge in [-0.25, -0.2) is 4.39 Å². The number of alkyl halides is 1. The zero-order valence-corrected chi connectivity index (χ0v) is 15.3. The highest BCUT2D eigenvalue weighted by Crippen LogP contribution is 2.21. The summed E-state index contributed by atoms with van der Waals surface area (Å²) in [6, 6.07) is 7.32. The van der Waals surface area contributed by atoms with Crippen molar-refractivity contribution in [2.75, 3.05) is 13.2 Å². The number of ether oxygens (including phenoxy) is 1. The van der Waals surface area contributed by atoms with Crippen LogP contribution < -0.4 is 5.32 Å². The Labute approximate surface area is 155 Å². The minimum absolute atomic E-state index is 0.0673. The number of hydrogen-bond acceptors (Lipinski definition) is 2. The van der Waals surface area contributed by atoms with E-state index in [9.17, 15) is 9.18 Å². The third-order valence-corrected chi connectivity index (χ3v) is 5.19. The zero-order chi connectivity index (χ0) is 18.4. The first-order valence-electron chi connectivity index (χ1n) is 9.48. The fourth-order valence-electron chi connectivity index (χ4n) is 3.44. The molecule has 1 aromatic carbocycles. The van der Waals surface area contributed by atoms with Gasteiger partial charge in [0.2, 0.25) is 0 Å². The SMILES string of the molecule is CC(NC(=O)c1ccc(C#CC2=CCCCC2F)cc1)C1CCOCC1. The van der Waals surface area contributed by atoms with Gasteiger partial charge >= 0.3 is 0 Å². The van der Waals surface area contributed by atoms with Crippen LogP contribution in [0.2, 0.25) is 0 Å². The number of hydrogen-bond donors (Lipinski definition) is 1. The Morgan fingerprint density at radius 2 is 1.92 bits per heavy atom. The van der Waals surface area contributed by atoms with E-state index in [2.05, 4.69) is 24.1 Å². The van der Waals surface area contributed by atoms with Gasteiger partial charge in [-0.05, 0) is 69.2 Å². The topological polar surface area (TPSA) is 38.3 Å². The average Bonchev–Trinajstić information content (AvgIpc) is 2.68. The Hall–Kier alpha value is -2.12. The smallest absolute Gasteiger partial charge is 0.251 e. The molecule has 1 fully saturated rings. The molecule has 2 unspecified atom stereocenters. The van der Waals surface area contributed by atoms with Crippen molar-refractivity contribution in [3.63, 3.8) is 0 Å². The molecule has 26 heavy (non-hydrogen) atoms. The maximum absolute atomic E-state index is 13.8. The average molecular weight is 355 g/mol. The third-order valence-electron chi connectivity index (χ3n) is 5.19. The Bertz CT molecular complexity index is 708. The van der Waals surface area contributed by atoms with Crippen molar-refractivity contribution in [1.29, 1.82) is 0 Å². The number of carbonyl (C=O) groups excluding carboxylic acids is 1. The van der Waals surface area contributed by atoms with E-state index in [0.29, 0.717) is 23.5 Å². The van der Waals surface area contributed by atoms with E-state index in [4.69, 9.17) is 4.74 Å². The molecule has 0 radical (unpaired) electrons. The van der Waals surface area contributed by atoms with Crippen LogP contribution in [-0.2, 0) is 4.74 Å². The number of nitrogens with one attached hydrogen (secondary N) is 1. The highest BCUT2D eigenvalue weighted by molar-refractivity contribution is 5.94. The molecule has 1 aromatic rings. The molecule has 0 bridgehead atoms. The molecule has 1 aliphatic carbocycles. The largest absolute Gasteiger partial charge is 0.381 e. The normalized spacial score (nSPS) is 21.9. The van der Waals surface area contributed by atoms with E-state index >= 15 is 0 Å².